The fourth-order valence-electron chi connectivity index (χ4n) is 3.36. The number of nitrogens with one attached hydrogen (secondary N) is 1. The Bertz CT molecular complexity index is 783. The van der Waals surface area contributed by atoms with E-state index in [0.29, 0.717) is 6.42 Å². The van der Waals surface area contributed by atoms with E-state index in [9.17, 15) is 14.0 Å². The lowest BCUT2D eigenvalue weighted by Crippen LogP contribution is -2.36. The molecular weight excluding hydrogens is 373 g/mol. The molecule has 1 N–H and O–H groups in total. The normalized spacial score (nSPS) is 28.2. The Labute approximate surface area is 162 Å². The highest BCUT2D eigenvalue weighted by atomic mass is 19.1. The predicted octanol–water partition coefficient (Wildman–Crippen LogP) is 2.56. The van der Waals surface area contributed by atoms with Crippen molar-refractivity contribution in [2.45, 2.75) is 77.3 Å². The maximum absolute atomic E-state index is 14.5. The highest BCUT2D eigenvalue weighted by molar-refractivity contribution is 5.83. The van der Waals surface area contributed by atoms with Gasteiger partial charge in [-0.25, -0.2) is 14.0 Å². The molecule has 0 aliphatic carbocycles. The summed E-state index contributed by atoms with van der Waals surface area (Å²) in [7, 11) is 0. The summed E-state index contributed by atoms with van der Waals surface area (Å²) in [6.45, 7) is 7.55. The van der Waals surface area contributed by atoms with E-state index in [1.54, 1.807) is 20.8 Å². The van der Waals surface area contributed by atoms with Crippen molar-refractivity contribution in [3.8, 4) is 0 Å². The maximum atomic E-state index is 14.5. The third-order valence-electron chi connectivity index (χ3n) is 4.64. The Morgan fingerprint density at radius 2 is 2.07 bits per heavy atom. The highest BCUT2D eigenvalue weighted by Gasteiger charge is 2.54. The van der Waals surface area contributed by atoms with E-state index in [4.69, 9.17) is 18.9 Å². The number of amides is 1. The van der Waals surface area contributed by atoms with Crippen molar-refractivity contribution in [1.29, 1.82) is 0 Å². The molecule has 3 heterocycles. The fourth-order valence-corrected chi connectivity index (χ4v) is 3.36. The number of unbranched alkanes of at least 4 members (excludes halogenated alkanes) is 2. The molecule has 2 saturated heterocycles. The van der Waals surface area contributed by atoms with Crippen molar-refractivity contribution >= 4 is 11.9 Å². The van der Waals surface area contributed by atoms with Gasteiger partial charge in [-0.3, -0.25) is 9.88 Å². The summed E-state index contributed by atoms with van der Waals surface area (Å²) in [5, 5.41) is 2.16. The van der Waals surface area contributed by atoms with Gasteiger partial charge in [-0.15, -0.1) is 0 Å². The Hall–Kier alpha value is -2.04. The lowest BCUT2D eigenvalue weighted by molar-refractivity contribution is -0.195. The van der Waals surface area contributed by atoms with Gasteiger partial charge in [-0.05, 0) is 27.2 Å². The molecule has 0 saturated carbocycles. The Balaban J connectivity index is 1.72. The van der Waals surface area contributed by atoms with Gasteiger partial charge < -0.3 is 18.9 Å². The predicted molar refractivity (Wildman–Crippen MR) is 96.4 cm³/mol. The van der Waals surface area contributed by atoms with Gasteiger partial charge in [-0.1, -0.05) is 19.8 Å². The number of carbonyl (C=O) groups excluding carboxylic acids is 1. The molecule has 1 aromatic heterocycles. The van der Waals surface area contributed by atoms with Crippen LogP contribution in [-0.4, -0.2) is 46.4 Å². The minimum absolute atomic E-state index is 0.211. The molecule has 0 bridgehead atoms. The summed E-state index contributed by atoms with van der Waals surface area (Å²) in [5.41, 5.74) is -0.783. The van der Waals surface area contributed by atoms with Crippen molar-refractivity contribution < 1.29 is 28.1 Å². The molecule has 4 atom stereocenters. The van der Waals surface area contributed by atoms with Crippen molar-refractivity contribution in [2.75, 3.05) is 11.9 Å². The first-order valence-corrected chi connectivity index (χ1v) is 9.45. The van der Waals surface area contributed by atoms with E-state index in [-0.39, 0.29) is 18.8 Å². The molecule has 2 unspecified atom stereocenters. The molecule has 1 amide bonds. The van der Waals surface area contributed by atoms with E-state index in [1.807, 2.05) is 6.92 Å². The molecular formula is C18H26FN3O6. The molecule has 1 aromatic rings. The van der Waals surface area contributed by atoms with E-state index in [1.165, 1.54) is 0 Å². The lowest BCUT2D eigenvalue weighted by atomic mass is 10.1. The summed E-state index contributed by atoms with van der Waals surface area (Å²) in [6, 6.07) is 0. The minimum Gasteiger partial charge on any atom is -0.449 e. The lowest BCUT2D eigenvalue weighted by Gasteiger charge is -2.24. The zero-order chi connectivity index (χ0) is 20.5. The van der Waals surface area contributed by atoms with Crippen LogP contribution in [0.5, 0.6) is 0 Å². The summed E-state index contributed by atoms with van der Waals surface area (Å²) >= 11 is 0. The van der Waals surface area contributed by atoms with Gasteiger partial charge in [-0.2, -0.15) is 4.98 Å². The molecule has 3 rings (SSSR count). The molecule has 0 spiro atoms. The van der Waals surface area contributed by atoms with Crippen LogP contribution in [0.15, 0.2) is 11.0 Å². The van der Waals surface area contributed by atoms with Gasteiger partial charge in [0.05, 0.1) is 18.9 Å². The zero-order valence-electron chi connectivity index (χ0n) is 16.4. The summed E-state index contributed by atoms with van der Waals surface area (Å²) in [6.07, 6.45) is 0.497. The average molecular weight is 399 g/mol. The summed E-state index contributed by atoms with van der Waals surface area (Å²) in [5.74, 6) is -2.21. The number of fused-ring (bicyclic) bond motifs is 1. The van der Waals surface area contributed by atoms with Crippen molar-refractivity contribution in [3.63, 3.8) is 0 Å². The first-order chi connectivity index (χ1) is 13.2. The van der Waals surface area contributed by atoms with Crippen LogP contribution in [0.4, 0.5) is 15.0 Å². The van der Waals surface area contributed by atoms with E-state index < -0.39 is 41.5 Å². The zero-order valence-corrected chi connectivity index (χ0v) is 16.4. The Kier molecular flexibility index (Phi) is 6.01. The average Bonchev–Trinajstić information content (AvgIpc) is 3.09. The number of rotatable bonds is 6. The number of halogens is 1. The van der Waals surface area contributed by atoms with Crippen molar-refractivity contribution in [1.82, 2.24) is 9.55 Å². The second-order valence-electron chi connectivity index (χ2n) is 7.39. The van der Waals surface area contributed by atoms with Crippen molar-refractivity contribution in [3.05, 3.63) is 22.5 Å². The van der Waals surface area contributed by atoms with Gasteiger partial charge in [0.2, 0.25) is 0 Å². The first kappa shape index (κ1) is 20.7. The Morgan fingerprint density at radius 3 is 2.79 bits per heavy atom. The second kappa shape index (κ2) is 8.14. The van der Waals surface area contributed by atoms with E-state index >= 15 is 0 Å². The molecule has 2 aliphatic heterocycles. The van der Waals surface area contributed by atoms with Gasteiger partial charge >= 0.3 is 11.8 Å². The molecule has 2 aliphatic rings. The van der Waals surface area contributed by atoms with E-state index in [2.05, 4.69) is 10.3 Å². The highest BCUT2D eigenvalue weighted by Crippen LogP contribution is 2.42. The van der Waals surface area contributed by atoms with Crippen LogP contribution in [0, 0.1) is 5.82 Å². The van der Waals surface area contributed by atoms with Crippen molar-refractivity contribution in [2.24, 2.45) is 0 Å². The number of hydrogen-bond acceptors (Lipinski definition) is 7. The van der Waals surface area contributed by atoms with Crippen LogP contribution in [0.2, 0.25) is 0 Å². The summed E-state index contributed by atoms with van der Waals surface area (Å²) < 4.78 is 37.8. The number of carbonyl (C=O) groups is 1. The largest absolute Gasteiger partial charge is 0.449 e. The van der Waals surface area contributed by atoms with Crippen LogP contribution >= 0.6 is 0 Å². The summed E-state index contributed by atoms with van der Waals surface area (Å²) in [4.78, 5) is 27.8. The monoisotopic (exact) mass is 399 g/mol. The molecule has 0 radical (unpaired) electrons. The molecule has 10 heteroatoms. The maximum Gasteiger partial charge on any atom is 0.412 e. The van der Waals surface area contributed by atoms with Gasteiger partial charge in [0.15, 0.2) is 23.7 Å². The molecule has 2 fully saturated rings. The van der Waals surface area contributed by atoms with E-state index in [0.717, 1.165) is 23.6 Å². The smallest absolute Gasteiger partial charge is 0.412 e. The van der Waals surface area contributed by atoms with Crippen LogP contribution in [-0.2, 0) is 18.9 Å². The fraction of sp³-hybridized carbons (Fsp3) is 0.722. The quantitative estimate of drug-likeness (QED) is 0.734. The molecule has 28 heavy (non-hydrogen) atoms. The van der Waals surface area contributed by atoms with Gasteiger partial charge in [0, 0.05) is 0 Å². The number of nitrogens with zero attached hydrogens (tertiary/aromatic N) is 2. The van der Waals surface area contributed by atoms with Crippen LogP contribution in [0.3, 0.4) is 0 Å². The third-order valence-corrected chi connectivity index (χ3v) is 4.64. The molecule has 9 nitrogen and oxygen atoms in total. The number of hydrogen-bond donors (Lipinski definition) is 1. The van der Waals surface area contributed by atoms with Gasteiger partial charge in [0.25, 0.3) is 0 Å². The SMILES string of the molecule is CCCCCOC(=O)Nc1nc(=O)n([C@@H]2OC(C)C3OC(C)(C)O[C@H]32)cc1F. The third kappa shape index (κ3) is 4.34. The topological polar surface area (TPSA) is 101 Å². The number of aromatic nitrogens is 2. The van der Waals surface area contributed by atoms with Crippen LogP contribution < -0.4 is 11.0 Å². The number of ether oxygens (including phenoxy) is 4. The van der Waals surface area contributed by atoms with Crippen LogP contribution in [0.25, 0.3) is 0 Å². The molecule has 156 valence electrons. The van der Waals surface area contributed by atoms with Crippen LogP contribution in [0.1, 0.15) is 53.2 Å². The second-order valence-corrected chi connectivity index (χ2v) is 7.39. The van der Waals surface area contributed by atoms with Gasteiger partial charge in [0.1, 0.15) is 12.2 Å². The first-order valence-electron chi connectivity index (χ1n) is 9.45. The molecule has 0 aromatic carbocycles. The number of anilines is 1. The standard InChI is InChI=1S/C18H26FN3O6/c1-5-6-7-8-25-17(24)21-14-11(19)9-22(16(23)20-14)15-13-12(10(2)26-15)27-18(3,4)28-13/h9-10,12-13,15H,5-8H2,1-4H3,(H,20,21,23,24)/t10?,12?,13-,15-/m1/s1. The minimum atomic E-state index is -0.886. The Morgan fingerprint density at radius 1 is 1.36 bits per heavy atom.